The summed E-state index contributed by atoms with van der Waals surface area (Å²) in [7, 11) is 4.22. The Morgan fingerprint density at radius 1 is 1.27 bits per heavy atom. The summed E-state index contributed by atoms with van der Waals surface area (Å²) in [5.74, 6) is 0.429. The van der Waals surface area contributed by atoms with E-state index in [0.29, 0.717) is 51.3 Å². The minimum atomic E-state index is -0.336. The number of fused-ring (bicyclic) bond motifs is 3. The molecule has 4 aliphatic rings. The first kappa shape index (κ1) is 27.6. The fraction of sp³-hybridized carbons (Fsp3) is 0.548. The highest BCUT2D eigenvalue weighted by Gasteiger charge is 2.47. The molecule has 41 heavy (non-hydrogen) atoms. The van der Waals surface area contributed by atoms with Crippen molar-refractivity contribution in [1.82, 2.24) is 24.7 Å². The molecule has 1 amide bonds. The van der Waals surface area contributed by atoms with E-state index in [-0.39, 0.29) is 29.7 Å². The number of aryl methyl sites for hydroxylation is 1. The molecule has 6 rings (SSSR count). The first-order valence-corrected chi connectivity index (χ1v) is 14.6. The number of nitriles is 1. The number of likely N-dealkylation sites (tertiary alicyclic amines) is 1. The molecule has 0 bridgehead atoms. The Hall–Kier alpha value is -3.55. The number of anilines is 1. The lowest BCUT2D eigenvalue weighted by molar-refractivity contribution is -0.128. The van der Waals surface area contributed by atoms with Crippen LogP contribution in [0.1, 0.15) is 48.1 Å². The van der Waals surface area contributed by atoms with E-state index < -0.39 is 0 Å². The smallest absolute Gasteiger partial charge is 0.318 e. The van der Waals surface area contributed by atoms with Crippen LogP contribution < -0.4 is 9.64 Å². The van der Waals surface area contributed by atoms with Crippen LogP contribution in [-0.4, -0.2) is 89.5 Å². The second kappa shape index (κ2) is 11.0. The first-order valence-electron chi connectivity index (χ1n) is 14.6. The van der Waals surface area contributed by atoms with E-state index in [1.165, 1.54) is 11.6 Å². The number of nitrogens with zero attached hydrogens (tertiary/aromatic N) is 7. The van der Waals surface area contributed by atoms with E-state index in [4.69, 9.17) is 14.7 Å². The Labute approximate surface area is 241 Å². The van der Waals surface area contributed by atoms with Crippen molar-refractivity contribution >= 4 is 11.7 Å². The second-order valence-corrected chi connectivity index (χ2v) is 11.9. The molecule has 2 aromatic rings. The molecule has 4 heterocycles. The number of carbonyl (C=O) groups excluding carboxylic acids is 1. The van der Waals surface area contributed by atoms with Crippen molar-refractivity contribution in [2.24, 2.45) is 0 Å². The van der Waals surface area contributed by atoms with Gasteiger partial charge in [-0.25, -0.2) is 4.39 Å². The summed E-state index contributed by atoms with van der Waals surface area (Å²) in [6, 6.07) is 7.83. The average Bonchev–Trinajstić information content (AvgIpc) is 3.55. The molecule has 1 spiro atoms. The van der Waals surface area contributed by atoms with Crippen molar-refractivity contribution in [2.75, 3.05) is 51.8 Å². The minimum absolute atomic E-state index is 0.159. The molecule has 0 radical (unpaired) electrons. The highest BCUT2D eigenvalue weighted by atomic mass is 19.1. The number of hydrogen-bond donors (Lipinski definition) is 0. The predicted molar refractivity (Wildman–Crippen MR) is 153 cm³/mol. The van der Waals surface area contributed by atoms with Gasteiger partial charge in [0.25, 0.3) is 0 Å². The van der Waals surface area contributed by atoms with Crippen LogP contribution in [0.2, 0.25) is 0 Å². The summed E-state index contributed by atoms with van der Waals surface area (Å²) < 4.78 is 20.7. The zero-order valence-electron chi connectivity index (χ0n) is 24.0. The van der Waals surface area contributed by atoms with E-state index in [1.807, 2.05) is 6.07 Å². The molecule has 3 aliphatic heterocycles. The Kier molecular flexibility index (Phi) is 7.43. The van der Waals surface area contributed by atoms with Crippen LogP contribution in [0.3, 0.4) is 0 Å². The van der Waals surface area contributed by atoms with Gasteiger partial charge < -0.3 is 19.4 Å². The van der Waals surface area contributed by atoms with Crippen LogP contribution in [0.25, 0.3) is 0 Å². The Morgan fingerprint density at radius 3 is 2.88 bits per heavy atom. The van der Waals surface area contributed by atoms with Crippen molar-refractivity contribution in [3.8, 4) is 12.1 Å². The van der Waals surface area contributed by atoms with Gasteiger partial charge in [-0.15, -0.1) is 0 Å². The zero-order chi connectivity index (χ0) is 28.7. The molecular formula is C31H38FN7O2. The summed E-state index contributed by atoms with van der Waals surface area (Å²) in [6.45, 7) is 7.38. The maximum atomic E-state index is 14.5. The molecule has 0 N–H and O–H groups in total. The van der Waals surface area contributed by atoms with Crippen LogP contribution in [0, 0.1) is 17.1 Å². The third-order valence-electron chi connectivity index (χ3n) is 9.66. The van der Waals surface area contributed by atoms with Gasteiger partial charge >= 0.3 is 6.01 Å². The molecule has 9 nitrogen and oxygen atoms in total. The number of rotatable bonds is 6. The summed E-state index contributed by atoms with van der Waals surface area (Å²) in [5, 5.41) is 9.52. The molecular weight excluding hydrogens is 521 g/mol. The van der Waals surface area contributed by atoms with Gasteiger partial charge in [0.15, 0.2) is 0 Å². The molecule has 1 aromatic heterocycles. The summed E-state index contributed by atoms with van der Waals surface area (Å²) in [6.07, 6.45) is 6.22. The fourth-order valence-electron chi connectivity index (χ4n) is 7.28. The molecule has 10 heteroatoms. The van der Waals surface area contributed by atoms with Gasteiger partial charge in [0.1, 0.15) is 18.2 Å². The van der Waals surface area contributed by atoms with Crippen molar-refractivity contribution < 1.29 is 13.9 Å². The predicted octanol–water partition coefficient (Wildman–Crippen LogP) is 3.04. The summed E-state index contributed by atoms with van der Waals surface area (Å²) in [4.78, 5) is 31.0. The zero-order valence-corrected chi connectivity index (χ0v) is 24.0. The standard InChI is InChI=1S/C31H38FN7O2/c1-4-28(40)39-15-14-38(18-23(39)10-12-33)29-25-19-37(3)31(11-9-21-7-8-22(32)16-26(21)31)17-27(25)34-30(35-29)41-20-24-6-5-13-36(24)2/h4,7-8,16,23-24H,1,5-6,9-11,13-15,17-20H2,2-3H3/t23-,24-,31?/m0/s1. The Balaban J connectivity index is 1.37. The maximum absolute atomic E-state index is 14.5. The van der Waals surface area contributed by atoms with Crippen LogP contribution in [0.5, 0.6) is 6.01 Å². The van der Waals surface area contributed by atoms with Gasteiger partial charge in [-0.05, 0) is 75.7 Å². The van der Waals surface area contributed by atoms with Gasteiger partial charge in [-0.2, -0.15) is 15.2 Å². The van der Waals surface area contributed by atoms with E-state index in [1.54, 1.807) is 17.0 Å². The van der Waals surface area contributed by atoms with E-state index in [9.17, 15) is 14.4 Å². The number of likely N-dealkylation sites (N-methyl/N-ethyl adjacent to an activating group) is 2. The number of benzene rings is 1. The number of halogens is 1. The molecule has 2 fully saturated rings. The van der Waals surface area contributed by atoms with E-state index in [2.05, 4.69) is 41.4 Å². The number of piperazine rings is 1. The number of ether oxygens (including phenoxy) is 1. The lowest BCUT2D eigenvalue weighted by Gasteiger charge is -2.46. The quantitative estimate of drug-likeness (QED) is 0.499. The van der Waals surface area contributed by atoms with Gasteiger partial charge in [0.2, 0.25) is 5.91 Å². The maximum Gasteiger partial charge on any atom is 0.318 e. The largest absolute Gasteiger partial charge is 0.462 e. The molecule has 2 saturated heterocycles. The van der Waals surface area contributed by atoms with Crippen molar-refractivity contribution in [3.63, 3.8) is 0 Å². The van der Waals surface area contributed by atoms with Gasteiger partial charge in [0, 0.05) is 44.2 Å². The van der Waals surface area contributed by atoms with Crippen LogP contribution in [0.15, 0.2) is 30.9 Å². The van der Waals surface area contributed by atoms with Crippen LogP contribution >= 0.6 is 0 Å². The molecule has 216 valence electrons. The summed E-state index contributed by atoms with van der Waals surface area (Å²) in [5.41, 5.74) is 3.87. The highest BCUT2D eigenvalue weighted by molar-refractivity contribution is 5.87. The number of hydrogen-bond acceptors (Lipinski definition) is 8. The number of amides is 1. The van der Waals surface area contributed by atoms with Crippen molar-refractivity contribution in [3.05, 3.63) is 59.1 Å². The highest BCUT2D eigenvalue weighted by Crippen LogP contribution is 2.48. The minimum Gasteiger partial charge on any atom is -0.462 e. The van der Waals surface area contributed by atoms with Gasteiger partial charge in [0.05, 0.1) is 29.8 Å². The Morgan fingerprint density at radius 2 is 2.12 bits per heavy atom. The normalized spacial score (nSPS) is 26.1. The third-order valence-corrected chi connectivity index (χ3v) is 9.66. The lowest BCUT2D eigenvalue weighted by Crippen LogP contribution is -2.55. The van der Waals surface area contributed by atoms with E-state index >= 15 is 0 Å². The fourth-order valence-corrected chi connectivity index (χ4v) is 7.28. The molecule has 0 saturated carbocycles. The SMILES string of the molecule is C=CC(=O)N1CCN(c2nc(OC[C@@H]3CCCN3C)nc3c2CN(C)C2(CCc4ccc(F)cc42)C3)C[C@@H]1CC#N. The van der Waals surface area contributed by atoms with E-state index in [0.717, 1.165) is 54.9 Å². The molecule has 1 aliphatic carbocycles. The monoisotopic (exact) mass is 559 g/mol. The molecule has 1 aromatic carbocycles. The number of aromatic nitrogens is 2. The lowest BCUT2D eigenvalue weighted by atomic mass is 9.81. The molecule has 3 atom stereocenters. The van der Waals surface area contributed by atoms with Gasteiger partial charge in [-0.3, -0.25) is 9.69 Å². The van der Waals surface area contributed by atoms with Crippen LogP contribution in [-0.2, 0) is 29.7 Å². The number of carbonyl (C=O) groups is 1. The average molecular weight is 560 g/mol. The van der Waals surface area contributed by atoms with Gasteiger partial charge in [-0.1, -0.05) is 12.6 Å². The third kappa shape index (κ3) is 4.95. The Bertz CT molecular complexity index is 1390. The van der Waals surface area contributed by atoms with Crippen molar-refractivity contribution in [1.29, 1.82) is 5.26 Å². The second-order valence-electron chi connectivity index (χ2n) is 11.9. The molecule has 1 unspecified atom stereocenters. The topological polar surface area (TPSA) is 88.8 Å². The van der Waals surface area contributed by atoms with Crippen LogP contribution in [0.4, 0.5) is 10.2 Å². The van der Waals surface area contributed by atoms with Crippen molar-refractivity contribution in [2.45, 2.75) is 62.7 Å². The summed E-state index contributed by atoms with van der Waals surface area (Å²) >= 11 is 0. The first-order chi connectivity index (χ1) is 19.8.